The summed E-state index contributed by atoms with van der Waals surface area (Å²) in [6, 6.07) is 7.61. The SMILES string of the molecule is Cc1cc2sc(NC(=O)C(C(=O)Nc3nc4cc(Cl)c(C)cc4s3)C34CC5CC(CC(C5)C3)C4)nc2cc1Cl. The third-order valence-electron chi connectivity index (χ3n) is 9.02. The molecule has 4 bridgehead atoms. The molecular formula is C29H28Cl2N4O2S2. The maximum Gasteiger partial charge on any atom is 0.239 e. The van der Waals surface area contributed by atoms with Crippen molar-refractivity contribution in [1.82, 2.24) is 9.97 Å². The zero-order valence-electron chi connectivity index (χ0n) is 21.6. The van der Waals surface area contributed by atoms with Gasteiger partial charge >= 0.3 is 0 Å². The highest BCUT2D eigenvalue weighted by molar-refractivity contribution is 7.22. The van der Waals surface area contributed by atoms with Crippen molar-refractivity contribution >= 4 is 88.4 Å². The number of fused-ring (bicyclic) bond motifs is 2. The molecule has 0 saturated heterocycles. The smallest absolute Gasteiger partial charge is 0.239 e. The van der Waals surface area contributed by atoms with Gasteiger partial charge in [-0.1, -0.05) is 45.9 Å². The summed E-state index contributed by atoms with van der Waals surface area (Å²) in [5, 5.41) is 8.33. The maximum absolute atomic E-state index is 14.1. The van der Waals surface area contributed by atoms with Crippen molar-refractivity contribution in [3.05, 3.63) is 45.4 Å². The second kappa shape index (κ2) is 9.40. The third-order valence-corrected chi connectivity index (χ3v) is 11.7. The summed E-state index contributed by atoms with van der Waals surface area (Å²) in [5.41, 5.74) is 3.07. The van der Waals surface area contributed by atoms with Crippen molar-refractivity contribution < 1.29 is 9.59 Å². The van der Waals surface area contributed by atoms with Gasteiger partial charge in [-0.3, -0.25) is 9.59 Å². The molecule has 0 aliphatic heterocycles. The van der Waals surface area contributed by atoms with Gasteiger partial charge in [-0.25, -0.2) is 9.97 Å². The Labute approximate surface area is 244 Å². The summed E-state index contributed by atoms with van der Waals surface area (Å²) in [7, 11) is 0. The van der Waals surface area contributed by atoms with E-state index in [0.717, 1.165) is 50.8 Å². The molecule has 2 amide bonds. The van der Waals surface area contributed by atoms with Gasteiger partial charge in [0.05, 0.1) is 20.4 Å². The molecule has 4 fully saturated rings. The summed E-state index contributed by atoms with van der Waals surface area (Å²) in [5.74, 6) is 0.409. The van der Waals surface area contributed by atoms with Crippen LogP contribution in [0.1, 0.15) is 49.7 Å². The van der Waals surface area contributed by atoms with E-state index in [1.165, 1.54) is 41.9 Å². The van der Waals surface area contributed by atoms with E-state index >= 15 is 0 Å². The highest BCUT2D eigenvalue weighted by Gasteiger charge is 2.58. The number of rotatable bonds is 5. The number of nitrogens with one attached hydrogen (secondary N) is 2. The van der Waals surface area contributed by atoms with E-state index in [9.17, 15) is 9.59 Å². The molecule has 0 unspecified atom stereocenters. The van der Waals surface area contributed by atoms with Gasteiger partial charge in [-0.05, 0) is 111 Å². The van der Waals surface area contributed by atoms with Crippen LogP contribution in [0.15, 0.2) is 24.3 Å². The summed E-state index contributed by atoms with van der Waals surface area (Å²) in [6.07, 6.45) is 6.46. The fraction of sp³-hybridized carbons (Fsp3) is 0.448. The van der Waals surface area contributed by atoms with Crippen LogP contribution in [0.3, 0.4) is 0 Å². The van der Waals surface area contributed by atoms with Crippen LogP contribution in [0, 0.1) is 42.9 Å². The maximum atomic E-state index is 14.1. The standard InChI is InChI=1S/C29H28Cl2N4O2S2/c1-13-3-22-20(8-18(13)30)32-27(38-22)34-25(36)24(29-10-15-5-16(11-29)7-17(6-15)12-29)26(37)35-28-33-21-9-19(31)14(2)4-23(21)39-28/h3-4,8-9,15-17,24H,5-7,10-12H2,1-2H3,(H,32,34,36)(H,33,35,37). The number of aromatic nitrogens is 2. The van der Waals surface area contributed by atoms with Crippen molar-refractivity contribution in [1.29, 1.82) is 0 Å². The molecule has 0 radical (unpaired) electrons. The molecule has 4 aliphatic carbocycles. The Morgan fingerprint density at radius 1 is 0.795 bits per heavy atom. The van der Waals surface area contributed by atoms with E-state index in [4.69, 9.17) is 23.2 Å². The predicted octanol–water partition coefficient (Wildman–Crippen LogP) is 8.24. The van der Waals surface area contributed by atoms with Crippen LogP contribution >= 0.6 is 45.9 Å². The van der Waals surface area contributed by atoms with Crippen LogP contribution in [-0.4, -0.2) is 21.8 Å². The van der Waals surface area contributed by atoms with Gasteiger partial charge in [0.1, 0.15) is 5.92 Å². The summed E-state index contributed by atoms with van der Waals surface area (Å²) in [4.78, 5) is 37.4. The molecular weight excluding hydrogens is 571 g/mol. The quantitative estimate of drug-likeness (QED) is 0.226. The van der Waals surface area contributed by atoms with E-state index in [2.05, 4.69) is 20.6 Å². The molecule has 4 saturated carbocycles. The number of halogens is 2. The zero-order valence-corrected chi connectivity index (χ0v) is 24.8. The summed E-state index contributed by atoms with van der Waals surface area (Å²) >= 11 is 15.4. The Morgan fingerprint density at radius 2 is 1.21 bits per heavy atom. The van der Waals surface area contributed by atoms with Crippen molar-refractivity contribution in [3.63, 3.8) is 0 Å². The van der Waals surface area contributed by atoms with Crippen LogP contribution in [-0.2, 0) is 9.59 Å². The van der Waals surface area contributed by atoms with E-state index < -0.39 is 5.92 Å². The number of carbonyl (C=O) groups excluding carboxylic acids is 2. The van der Waals surface area contributed by atoms with Crippen LogP contribution in [0.5, 0.6) is 0 Å². The average Bonchev–Trinajstić information content (AvgIpc) is 3.40. The lowest BCUT2D eigenvalue weighted by molar-refractivity contribution is -0.147. The topological polar surface area (TPSA) is 84.0 Å². The first kappa shape index (κ1) is 25.7. The molecule has 202 valence electrons. The van der Waals surface area contributed by atoms with Gasteiger partial charge in [0, 0.05) is 10.0 Å². The van der Waals surface area contributed by atoms with Gasteiger partial charge in [-0.15, -0.1) is 0 Å². The first-order valence-corrected chi connectivity index (χ1v) is 15.8. The molecule has 2 aromatic carbocycles. The number of thiazole rings is 2. The number of hydrogen-bond donors (Lipinski definition) is 2. The van der Waals surface area contributed by atoms with E-state index in [-0.39, 0.29) is 17.2 Å². The van der Waals surface area contributed by atoms with Gasteiger partial charge in [0.25, 0.3) is 0 Å². The van der Waals surface area contributed by atoms with Crippen molar-refractivity contribution in [3.8, 4) is 0 Å². The third kappa shape index (κ3) is 4.53. The Morgan fingerprint density at radius 3 is 1.62 bits per heavy atom. The van der Waals surface area contributed by atoms with Crippen molar-refractivity contribution in [2.45, 2.75) is 52.4 Å². The molecule has 10 heteroatoms. The molecule has 0 atom stereocenters. The highest BCUT2D eigenvalue weighted by Crippen LogP contribution is 2.63. The second-order valence-electron chi connectivity index (χ2n) is 11.9. The number of amides is 2. The van der Waals surface area contributed by atoms with E-state index in [1.54, 1.807) is 0 Å². The Balaban J connectivity index is 1.22. The monoisotopic (exact) mass is 598 g/mol. The number of carbonyl (C=O) groups is 2. The first-order valence-electron chi connectivity index (χ1n) is 13.4. The highest BCUT2D eigenvalue weighted by atomic mass is 35.5. The number of nitrogens with zero attached hydrogens (tertiary/aromatic N) is 2. The Bertz CT molecular complexity index is 1450. The molecule has 2 N–H and O–H groups in total. The van der Waals surface area contributed by atoms with Crippen LogP contribution in [0.25, 0.3) is 20.4 Å². The number of aryl methyl sites for hydroxylation is 2. The summed E-state index contributed by atoms with van der Waals surface area (Å²) < 4.78 is 1.90. The number of hydrogen-bond acceptors (Lipinski definition) is 6. The Hall–Kier alpha value is -2.26. The molecule has 4 aliphatic rings. The lowest BCUT2D eigenvalue weighted by Gasteiger charge is -2.58. The minimum Gasteiger partial charge on any atom is -0.301 e. The number of benzene rings is 2. The van der Waals surface area contributed by atoms with Gasteiger partial charge in [-0.2, -0.15) is 0 Å². The van der Waals surface area contributed by atoms with Crippen molar-refractivity contribution in [2.24, 2.45) is 29.1 Å². The van der Waals surface area contributed by atoms with Crippen molar-refractivity contribution in [2.75, 3.05) is 10.6 Å². The first-order chi connectivity index (χ1) is 18.7. The minimum atomic E-state index is -0.819. The van der Waals surface area contributed by atoms with Gasteiger partial charge in [0.2, 0.25) is 11.8 Å². The lowest BCUT2D eigenvalue weighted by atomic mass is 9.46. The fourth-order valence-corrected chi connectivity index (χ4v) is 9.98. The molecule has 8 rings (SSSR count). The average molecular weight is 600 g/mol. The fourth-order valence-electron chi connectivity index (χ4n) is 7.77. The predicted molar refractivity (Wildman–Crippen MR) is 160 cm³/mol. The molecule has 2 aromatic heterocycles. The largest absolute Gasteiger partial charge is 0.301 e. The van der Waals surface area contributed by atoms with Gasteiger partial charge in [0.15, 0.2) is 10.3 Å². The normalized spacial score (nSPS) is 25.6. The second-order valence-corrected chi connectivity index (χ2v) is 14.7. The molecule has 39 heavy (non-hydrogen) atoms. The van der Waals surface area contributed by atoms with Crippen LogP contribution in [0.4, 0.5) is 10.3 Å². The van der Waals surface area contributed by atoms with Crippen LogP contribution in [0.2, 0.25) is 10.0 Å². The zero-order chi connectivity index (χ0) is 27.1. The Kier molecular flexibility index (Phi) is 6.19. The molecule has 6 nitrogen and oxygen atoms in total. The van der Waals surface area contributed by atoms with E-state index in [0.29, 0.717) is 38.1 Å². The molecule has 2 heterocycles. The molecule has 0 spiro atoms. The minimum absolute atomic E-state index is 0.281. The molecule has 4 aromatic rings. The van der Waals surface area contributed by atoms with Gasteiger partial charge < -0.3 is 10.6 Å². The lowest BCUT2D eigenvalue weighted by Crippen LogP contribution is -2.55. The van der Waals surface area contributed by atoms with Crippen LogP contribution < -0.4 is 10.6 Å². The number of anilines is 2. The van der Waals surface area contributed by atoms with E-state index in [1.807, 2.05) is 38.1 Å². The summed E-state index contributed by atoms with van der Waals surface area (Å²) in [6.45, 7) is 3.90.